The first-order valence-corrected chi connectivity index (χ1v) is 17.4. The first-order valence-electron chi connectivity index (χ1n) is 15.5. The number of nitro benzene ring substituents is 1. The van der Waals surface area contributed by atoms with E-state index in [1.165, 1.54) is 30.6 Å². The predicted molar refractivity (Wildman–Crippen MR) is 200 cm³/mol. The number of fused-ring (bicyclic) bond motifs is 1. The van der Waals surface area contributed by atoms with Crippen LogP contribution in [0.3, 0.4) is 0 Å². The lowest BCUT2D eigenvalue weighted by Gasteiger charge is -2.25. The number of methoxy groups -OCH3 is 1. The van der Waals surface area contributed by atoms with Gasteiger partial charge in [0, 0.05) is 17.8 Å². The van der Waals surface area contributed by atoms with Crippen molar-refractivity contribution < 1.29 is 23.9 Å². The lowest BCUT2D eigenvalue weighted by Crippen LogP contribution is -2.40. The van der Waals surface area contributed by atoms with Crippen LogP contribution >= 0.6 is 33.9 Å². The third-order valence-corrected chi connectivity index (χ3v) is 9.67. The van der Waals surface area contributed by atoms with Crippen molar-refractivity contribution in [3.8, 4) is 17.2 Å². The maximum absolute atomic E-state index is 14.2. The van der Waals surface area contributed by atoms with Crippen LogP contribution in [-0.4, -0.2) is 29.1 Å². The third-order valence-electron chi connectivity index (χ3n) is 7.88. The fourth-order valence-electron chi connectivity index (χ4n) is 5.54. The standard InChI is InChI=1S/C37H31IN4O7S/c1-4-48-28-16-12-25(13-17-28)33-32(35(43)40-26-8-6-5-7-9-26)22(2)39-37-41(33)36(44)31(50-37)20-24-18-29(38)34(30(19-24)47-3)49-21-23-10-14-27(15-11-23)42(45)46/h5-20,33H,4,21H2,1-3H3,(H,40,43)/b31-20-/t33-/m0/s1. The van der Waals surface area contributed by atoms with E-state index in [0.717, 1.165) is 14.7 Å². The molecule has 5 aromatic rings. The Bertz CT molecular complexity index is 2280. The lowest BCUT2D eigenvalue weighted by atomic mass is 9.95. The van der Waals surface area contributed by atoms with Gasteiger partial charge in [-0.1, -0.05) is 41.7 Å². The molecule has 1 aromatic heterocycles. The molecule has 254 valence electrons. The van der Waals surface area contributed by atoms with E-state index in [0.29, 0.717) is 55.7 Å². The number of nitrogens with one attached hydrogen (secondary N) is 1. The summed E-state index contributed by atoms with van der Waals surface area (Å²) in [5.74, 6) is 1.30. The molecule has 50 heavy (non-hydrogen) atoms. The first-order chi connectivity index (χ1) is 24.2. The van der Waals surface area contributed by atoms with Crippen molar-refractivity contribution in [3.05, 3.63) is 152 Å². The van der Waals surface area contributed by atoms with Crippen molar-refractivity contribution in [2.24, 2.45) is 4.99 Å². The number of non-ortho nitro benzene ring substituents is 1. The third kappa shape index (κ3) is 7.33. The zero-order valence-electron chi connectivity index (χ0n) is 27.2. The predicted octanol–water partition coefficient (Wildman–Crippen LogP) is 6.37. The number of carbonyl (C=O) groups excluding carboxylic acids is 1. The van der Waals surface area contributed by atoms with E-state index >= 15 is 0 Å². The molecule has 6 rings (SSSR count). The Morgan fingerprint density at radius 2 is 1.78 bits per heavy atom. The van der Waals surface area contributed by atoms with Crippen LogP contribution in [0.5, 0.6) is 17.2 Å². The molecule has 0 saturated carbocycles. The van der Waals surface area contributed by atoms with Gasteiger partial charge in [0.05, 0.1) is 44.1 Å². The molecule has 0 radical (unpaired) electrons. The van der Waals surface area contributed by atoms with Crippen molar-refractivity contribution in [1.82, 2.24) is 4.57 Å². The molecule has 0 spiro atoms. The average molecular weight is 803 g/mol. The SMILES string of the molecule is CCOc1ccc([C@H]2C(C(=O)Nc3ccccc3)=C(C)N=c3s/c(=C\c4cc(I)c(OCc5ccc([N+](=O)[O-])cc5)c(OC)c4)c(=O)n32)cc1. The van der Waals surface area contributed by atoms with Crippen molar-refractivity contribution in [2.45, 2.75) is 26.5 Å². The highest BCUT2D eigenvalue weighted by Gasteiger charge is 2.32. The van der Waals surface area contributed by atoms with Crippen LogP contribution in [0.2, 0.25) is 0 Å². The highest BCUT2D eigenvalue weighted by atomic mass is 127. The maximum Gasteiger partial charge on any atom is 0.271 e. The van der Waals surface area contributed by atoms with Crippen LogP contribution in [0.4, 0.5) is 11.4 Å². The summed E-state index contributed by atoms with van der Waals surface area (Å²) in [6.45, 7) is 4.37. The largest absolute Gasteiger partial charge is 0.494 e. The van der Waals surface area contributed by atoms with Crippen LogP contribution in [0.25, 0.3) is 6.08 Å². The van der Waals surface area contributed by atoms with E-state index in [2.05, 4.69) is 27.9 Å². The fraction of sp³-hybridized carbons (Fsp3) is 0.162. The van der Waals surface area contributed by atoms with Gasteiger partial charge in [0.2, 0.25) is 0 Å². The van der Waals surface area contributed by atoms with E-state index < -0.39 is 11.0 Å². The molecule has 13 heteroatoms. The van der Waals surface area contributed by atoms with Crippen LogP contribution < -0.4 is 34.4 Å². The van der Waals surface area contributed by atoms with Crippen LogP contribution in [0, 0.1) is 13.7 Å². The minimum Gasteiger partial charge on any atom is -0.494 e. The van der Waals surface area contributed by atoms with Gasteiger partial charge in [-0.3, -0.25) is 24.3 Å². The zero-order valence-corrected chi connectivity index (χ0v) is 30.2. The summed E-state index contributed by atoms with van der Waals surface area (Å²) in [6.07, 6.45) is 1.77. The number of anilines is 1. The Kier molecular flexibility index (Phi) is 10.4. The van der Waals surface area contributed by atoms with Gasteiger partial charge in [-0.25, -0.2) is 4.99 Å². The molecule has 1 aliphatic heterocycles. The van der Waals surface area contributed by atoms with Gasteiger partial charge in [0.1, 0.15) is 12.4 Å². The normalized spacial score (nSPS) is 14.1. The summed E-state index contributed by atoms with van der Waals surface area (Å²) >= 11 is 3.38. The van der Waals surface area contributed by atoms with Gasteiger partial charge in [-0.2, -0.15) is 0 Å². The second kappa shape index (κ2) is 15.1. The summed E-state index contributed by atoms with van der Waals surface area (Å²) in [4.78, 5) is 43.8. The number of aromatic nitrogens is 1. The number of thiazole rings is 1. The molecule has 1 N–H and O–H groups in total. The molecule has 1 amide bonds. The molecule has 0 saturated heterocycles. The smallest absolute Gasteiger partial charge is 0.271 e. The topological polar surface area (TPSA) is 134 Å². The van der Waals surface area contributed by atoms with E-state index in [4.69, 9.17) is 19.2 Å². The number of para-hydroxylation sites is 1. The number of hydrogen-bond acceptors (Lipinski definition) is 9. The van der Waals surface area contributed by atoms with Gasteiger partial charge < -0.3 is 19.5 Å². The zero-order chi connectivity index (χ0) is 35.4. The number of halogens is 1. The Hall–Kier alpha value is -5.28. The number of nitrogens with zero attached hydrogens (tertiary/aromatic N) is 3. The second-order valence-corrected chi connectivity index (χ2v) is 13.3. The quantitative estimate of drug-likeness (QED) is 0.0932. The summed E-state index contributed by atoms with van der Waals surface area (Å²) < 4.78 is 20.1. The lowest BCUT2D eigenvalue weighted by molar-refractivity contribution is -0.384. The molecular formula is C37H31IN4O7S. The van der Waals surface area contributed by atoms with Crippen molar-refractivity contribution in [1.29, 1.82) is 0 Å². The minimum absolute atomic E-state index is 0.00294. The average Bonchev–Trinajstić information content (AvgIpc) is 3.41. The minimum atomic E-state index is -0.738. The summed E-state index contributed by atoms with van der Waals surface area (Å²) in [5, 5.41) is 14.0. The number of amides is 1. The van der Waals surface area contributed by atoms with Crippen LogP contribution in [-0.2, 0) is 11.4 Å². The first kappa shape index (κ1) is 34.6. The molecular weight excluding hydrogens is 771 g/mol. The van der Waals surface area contributed by atoms with Gasteiger partial charge in [0.25, 0.3) is 17.2 Å². The van der Waals surface area contributed by atoms with Crippen molar-refractivity contribution in [2.75, 3.05) is 19.0 Å². The van der Waals surface area contributed by atoms with E-state index in [9.17, 15) is 19.7 Å². The molecule has 0 bridgehead atoms. The van der Waals surface area contributed by atoms with Crippen LogP contribution in [0.15, 0.2) is 112 Å². The number of benzene rings is 4. The highest BCUT2D eigenvalue weighted by Crippen LogP contribution is 2.35. The molecule has 1 aliphatic rings. The van der Waals surface area contributed by atoms with Crippen LogP contribution in [0.1, 0.15) is 36.6 Å². The van der Waals surface area contributed by atoms with E-state index in [-0.39, 0.29) is 23.8 Å². The molecule has 11 nitrogen and oxygen atoms in total. The van der Waals surface area contributed by atoms with Crippen molar-refractivity contribution >= 4 is 57.3 Å². The Balaban J connectivity index is 1.37. The monoisotopic (exact) mass is 802 g/mol. The molecule has 0 unspecified atom stereocenters. The fourth-order valence-corrected chi connectivity index (χ4v) is 7.37. The second-order valence-electron chi connectivity index (χ2n) is 11.2. The van der Waals surface area contributed by atoms with E-state index in [1.807, 2.05) is 55.5 Å². The Labute approximate surface area is 304 Å². The number of allylic oxidation sites excluding steroid dienone is 1. The number of hydrogen-bond donors (Lipinski definition) is 1. The number of nitro groups is 1. The summed E-state index contributed by atoms with van der Waals surface area (Å²) in [7, 11) is 1.53. The molecule has 4 aromatic carbocycles. The summed E-state index contributed by atoms with van der Waals surface area (Å²) in [6, 6.07) is 25.6. The van der Waals surface area contributed by atoms with Gasteiger partial charge in [-0.05, 0) is 108 Å². The molecule has 0 fully saturated rings. The molecule has 0 aliphatic carbocycles. The molecule has 2 heterocycles. The summed E-state index contributed by atoms with van der Waals surface area (Å²) in [5.41, 5.74) is 3.41. The highest BCUT2D eigenvalue weighted by molar-refractivity contribution is 14.1. The Morgan fingerprint density at radius 3 is 2.44 bits per heavy atom. The number of ether oxygens (including phenoxy) is 3. The Morgan fingerprint density at radius 1 is 1.06 bits per heavy atom. The maximum atomic E-state index is 14.2. The van der Waals surface area contributed by atoms with Gasteiger partial charge >= 0.3 is 0 Å². The van der Waals surface area contributed by atoms with E-state index in [1.54, 1.807) is 47.9 Å². The number of rotatable bonds is 11. The van der Waals surface area contributed by atoms with Gasteiger partial charge in [0.15, 0.2) is 16.3 Å². The number of carbonyl (C=O) groups is 1. The van der Waals surface area contributed by atoms with Crippen molar-refractivity contribution in [3.63, 3.8) is 0 Å². The van der Waals surface area contributed by atoms with Gasteiger partial charge in [-0.15, -0.1) is 0 Å². The molecule has 1 atom stereocenters.